The van der Waals surface area contributed by atoms with Crippen LogP contribution in [0.1, 0.15) is 12.5 Å². The van der Waals surface area contributed by atoms with Crippen LogP contribution in [-0.2, 0) is 4.79 Å². The van der Waals surface area contributed by atoms with Crippen LogP contribution in [0, 0.1) is 17.2 Å². The van der Waals surface area contributed by atoms with E-state index in [1.807, 2.05) is 6.07 Å². The Morgan fingerprint density at radius 2 is 2.24 bits per heavy atom. The maximum absolute atomic E-state index is 10.8. The summed E-state index contributed by atoms with van der Waals surface area (Å²) in [5.41, 5.74) is 5.61. The summed E-state index contributed by atoms with van der Waals surface area (Å²) in [5.74, 6) is 0.147. The van der Waals surface area contributed by atoms with Crippen LogP contribution in [0.3, 0.4) is 0 Å². The van der Waals surface area contributed by atoms with Gasteiger partial charge >= 0.3 is 0 Å². The van der Waals surface area contributed by atoms with E-state index in [-0.39, 0.29) is 12.5 Å². The fraction of sp³-hybridized carbons (Fsp3) is 0.333. The standard InChI is InChI=1S/C12H14N2O3/c1-8(12(14)15)7-17-10-4-3-9(6-13)5-11(10)16-2/h3-5,8H,7H2,1-2H3,(H2,14,15). The van der Waals surface area contributed by atoms with Gasteiger partial charge in [-0.3, -0.25) is 4.79 Å². The molecule has 0 spiro atoms. The van der Waals surface area contributed by atoms with Gasteiger partial charge in [0.2, 0.25) is 5.91 Å². The first kappa shape index (κ1) is 12.8. The van der Waals surface area contributed by atoms with Gasteiger partial charge < -0.3 is 15.2 Å². The lowest BCUT2D eigenvalue weighted by molar-refractivity contribution is -0.122. The Kier molecular flexibility index (Phi) is 4.35. The van der Waals surface area contributed by atoms with Crippen molar-refractivity contribution in [1.29, 1.82) is 5.26 Å². The number of carbonyl (C=O) groups is 1. The fourth-order valence-corrected chi connectivity index (χ4v) is 1.15. The summed E-state index contributed by atoms with van der Waals surface area (Å²) < 4.78 is 10.5. The minimum atomic E-state index is -0.419. The summed E-state index contributed by atoms with van der Waals surface area (Å²) in [6, 6.07) is 6.82. The fourth-order valence-electron chi connectivity index (χ4n) is 1.15. The molecule has 1 unspecified atom stereocenters. The van der Waals surface area contributed by atoms with Gasteiger partial charge in [-0.15, -0.1) is 0 Å². The van der Waals surface area contributed by atoms with E-state index in [0.29, 0.717) is 17.1 Å². The first-order valence-electron chi connectivity index (χ1n) is 5.08. The van der Waals surface area contributed by atoms with Crippen molar-refractivity contribution in [1.82, 2.24) is 0 Å². The summed E-state index contributed by atoms with van der Waals surface area (Å²) in [6.07, 6.45) is 0. The minimum absolute atomic E-state index is 0.178. The van der Waals surface area contributed by atoms with E-state index < -0.39 is 5.91 Å². The van der Waals surface area contributed by atoms with Crippen LogP contribution in [0.5, 0.6) is 11.5 Å². The third kappa shape index (κ3) is 3.38. The van der Waals surface area contributed by atoms with Crippen LogP contribution in [0.2, 0.25) is 0 Å². The van der Waals surface area contributed by atoms with E-state index in [4.69, 9.17) is 20.5 Å². The number of hydrogen-bond acceptors (Lipinski definition) is 4. The van der Waals surface area contributed by atoms with Crippen molar-refractivity contribution in [3.63, 3.8) is 0 Å². The first-order valence-corrected chi connectivity index (χ1v) is 5.08. The Labute approximate surface area is 99.7 Å². The molecule has 90 valence electrons. The zero-order valence-electron chi connectivity index (χ0n) is 9.77. The molecule has 1 amide bonds. The van der Waals surface area contributed by atoms with Crippen LogP contribution in [0.4, 0.5) is 0 Å². The van der Waals surface area contributed by atoms with E-state index in [1.54, 1.807) is 25.1 Å². The molecule has 0 saturated heterocycles. The maximum atomic E-state index is 10.8. The van der Waals surface area contributed by atoms with Gasteiger partial charge in [-0.25, -0.2) is 0 Å². The lowest BCUT2D eigenvalue weighted by atomic mass is 10.2. The van der Waals surface area contributed by atoms with Crippen molar-refractivity contribution >= 4 is 5.91 Å². The van der Waals surface area contributed by atoms with Gasteiger partial charge in [-0.2, -0.15) is 5.26 Å². The second kappa shape index (κ2) is 5.75. The number of nitrogens with zero attached hydrogens (tertiary/aromatic N) is 1. The van der Waals surface area contributed by atoms with Gasteiger partial charge in [0.15, 0.2) is 11.5 Å². The molecule has 2 N–H and O–H groups in total. The van der Waals surface area contributed by atoms with Crippen LogP contribution in [0.15, 0.2) is 18.2 Å². The van der Waals surface area contributed by atoms with Gasteiger partial charge in [0.25, 0.3) is 0 Å². The highest BCUT2D eigenvalue weighted by Crippen LogP contribution is 2.28. The number of primary amides is 1. The molecule has 0 radical (unpaired) electrons. The van der Waals surface area contributed by atoms with Crippen molar-refractivity contribution in [3.05, 3.63) is 23.8 Å². The molecule has 0 saturated carbocycles. The number of ether oxygens (including phenoxy) is 2. The molecule has 0 aliphatic rings. The van der Waals surface area contributed by atoms with Gasteiger partial charge in [0.1, 0.15) is 0 Å². The molecule has 1 atom stereocenters. The number of amides is 1. The second-order valence-electron chi connectivity index (χ2n) is 3.59. The molecular formula is C12H14N2O3. The van der Waals surface area contributed by atoms with E-state index in [2.05, 4.69) is 0 Å². The maximum Gasteiger partial charge on any atom is 0.223 e. The minimum Gasteiger partial charge on any atom is -0.493 e. The van der Waals surface area contributed by atoms with Gasteiger partial charge in [-0.1, -0.05) is 6.92 Å². The molecule has 0 fully saturated rings. The summed E-state index contributed by atoms with van der Waals surface area (Å²) in [5, 5.41) is 8.73. The predicted octanol–water partition coefficient (Wildman–Crippen LogP) is 1.07. The highest BCUT2D eigenvalue weighted by molar-refractivity contribution is 5.76. The predicted molar refractivity (Wildman–Crippen MR) is 61.6 cm³/mol. The topological polar surface area (TPSA) is 85.3 Å². The van der Waals surface area contributed by atoms with Crippen LogP contribution in [0.25, 0.3) is 0 Å². The molecule has 0 bridgehead atoms. The number of methoxy groups -OCH3 is 1. The Hall–Kier alpha value is -2.22. The lowest BCUT2D eigenvalue weighted by Crippen LogP contribution is -2.25. The van der Waals surface area contributed by atoms with Crippen molar-refractivity contribution < 1.29 is 14.3 Å². The average molecular weight is 234 g/mol. The molecule has 0 aliphatic carbocycles. The van der Waals surface area contributed by atoms with E-state index >= 15 is 0 Å². The zero-order chi connectivity index (χ0) is 12.8. The normalized spacial score (nSPS) is 11.4. The molecule has 0 aliphatic heterocycles. The largest absolute Gasteiger partial charge is 0.493 e. The summed E-state index contributed by atoms with van der Waals surface area (Å²) in [7, 11) is 1.49. The second-order valence-corrected chi connectivity index (χ2v) is 3.59. The molecule has 17 heavy (non-hydrogen) atoms. The monoisotopic (exact) mass is 234 g/mol. The van der Waals surface area contributed by atoms with E-state index in [0.717, 1.165) is 0 Å². The van der Waals surface area contributed by atoms with Crippen LogP contribution in [-0.4, -0.2) is 19.6 Å². The first-order chi connectivity index (χ1) is 8.08. The lowest BCUT2D eigenvalue weighted by Gasteiger charge is -2.13. The highest BCUT2D eigenvalue weighted by atomic mass is 16.5. The van der Waals surface area contributed by atoms with Gasteiger partial charge in [0, 0.05) is 6.07 Å². The Morgan fingerprint density at radius 1 is 1.53 bits per heavy atom. The van der Waals surface area contributed by atoms with E-state index in [1.165, 1.54) is 7.11 Å². The number of nitrogens with two attached hydrogens (primary N) is 1. The third-order valence-electron chi connectivity index (χ3n) is 2.27. The van der Waals surface area contributed by atoms with Crippen molar-refractivity contribution in [3.8, 4) is 17.6 Å². The van der Waals surface area contributed by atoms with Gasteiger partial charge in [-0.05, 0) is 12.1 Å². The number of carbonyl (C=O) groups excluding carboxylic acids is 1. The Bertz CT molecular complexity index is 452. The average Bonchev–Trinajstić information content (AvgIpc) is 2.35. The molecule has 0 heterocycles. The summed E-state index contributed by atoms with van der Waals surface area (Å²) in [6.45, 7) is 1.86. The summed E-state index contributed by atoms with van der Waals surface area (Å²) in [4.78, 5) is 10.8. The van der Waals surface area contributed by atoms with Crippen LogP contribution >= 0.6 is 0 Å². The number of nitriles is 1. The number of rotatable bonds is 5. The van der Waals surface area contributed by atoms with Crippen molar-refractivity contribution in [2.24, 2.45) is 11.7 Å². The molecule has 5 nitrogen and oxygen atoms in total. The number of benzene rings is 1. The zero-order valence-corrected chi connectivity index (χ0v) is 9.77. The molecule has 5 heteroatoms. The summed E-state index contributed by atoms with van der Waals surface area (Å²) >= 11 is 0. The SMILES string of the molecule is COc1cc(C#N)ccc1OCC(C)C(N)=O. The molecule has 1 aromatic rings. The molecule has 1 aromatic carbocycles. The van der Waals surface area contributed by atoms with Crippen molar-refractivity contribution in [2.45, 2.75) is 6.92 Å². The molecule has 1 rings (SSSR count). The Morgan fingerprint density at radius 3 is 2.76 bits per heavy atom. The van der Waals surface area contributed by atoms with Crippen molar-refractivity contribution in [2.75, 3.05) is 13.7 Å². The van der Waals surface area contributed by atoms with E-state index in [9.17, 15) is 4.79 Å². The molecule has 0 aromatic heterocycles. The van der Waals surface area contributed by atoms with Crippen LogP contribution < -0.4 is 15.2 Å². The highest BCUT2D eigenvalue weighted by Gasteiger charge is 2.11. The third-order valence-corrected chi connectivity index (χ3v) is 2.27. The Balaban J connectivity index is 2.78. The number of hydrogen-bond donors (Lipinski definition) is 1. The van der Waals surface area contributed by atoms with Gasteiger partial charge in [0.05, 0.1) is 31.3 Å². The smallest absolute Gasteiger partial charge is 0.223 e. The molecular weight excluding hydrogens is 220 g/mol. The quantitative estimate of drug-likeness (QED) is 0.825.